The van der Waals surface area contributed by atoms with Crippen LogP contribution in [-0.2, 0) is 9.59 Å². The van der Waals surface area contributed by atoms with Crippen LogP contribution in [0.1, 0.15) is 57.8 Å². The van der Waals surface area contributed by atoms with Gasteiger partial charge in [-0.3, -0.25) is 9.59 Å². The fraction of sp³-hybridized carbons (Fsp3) is 0.857. The molecule has 0 aromatic carbocycles. The summed E-state index contributed by atoms with van der Waals surface area (Å²) < 4.78 is 0. The van der Waals surface area contributed by atoms with Crippen LogP contribution in [-0.4, -0.2) is 24.4 Å². The topological polar surface area (TPSA) is 58.2 Å². The molecule has 4 nitrogen and oxygen atoms in total. The van der Waals surface area contributed by atoms with Gasteiger partial charge in [-0.05, 0) is 19.3 Å². The van der Waals surface area contributed by atoms with Gasteiger partial charge < -0.3 is 10.6 Å². The van der Waals surface area contributed by atoms with E-state index in [9.17, 15) is 9.59 Å². The Labute approximate surface area is 109 Å². The Hall–Kier alpha value is -1.06. The standard InChI is InChI=1S/C14H24N2O2/c17-13-9-8-12(10-15-13)16-14(18)11-6-4-2-1-3-5-7-11/h11-12H,1-10H2,(H,15,17)(H,16,18). The van der Waals surface area contributed by atoms with E-state index in [1.807, 2.05) is 0 Å². The van der Waals surface area contributed by atoms with E-state index in [2.05, 4.69) is 10.6 Å². The van der Waals surface area contributed by atoms with Gasteiger partial charge >= 0.3 is 0 Å². The molecule has 1 aliphatic carbocycles. The summed E-state index contributed by atoms with van der Waals surface area (Å²) in [5.74, 6) is 0.507. The van der Waals surface area contributed by atoms with Crippen molar-refractivity contribution >= 4 is 11.8 Å². The van der Waals surface area contributed by atoms with Crippen molar-refractivity contribution in [2.24, 2.45) is 5.92 Å². The minimum Gasteiger partial charge on any atom is -0.354 e. The van der Waals surface area contributed by atoms with Crippen LogP contribution in [0.15, 0.2) is 0 Å². The normalized spacial score (nSPS) is 26.9. The van der Waals surface area contributed by atoms with Crippen molar-refractivity contribution in [3.8, 4) is 0 Å². The van der Waals surface area contributed by atoms with Crippen LogP contribution in [0.4, 0.5) is 0 Å². The Kier molecular flexibility index (Phi) is 5.02. The van der Waals surface area contributed by atoms with E-state index in [1.165, 1.54) is 32.1 Å². The zero-order valence-electron chi connectivity index (χ0n) is 11.0. The van der Waals surface area contributed by atoms with Gasteiger partial charge in [-0.25, -0.2) is 0 Å². The SMILES string of the molecule is O=C1CCC(NC(=O)C2CCCCCCC2)CN1. The Morgan fingerprint density at radius 2 is 1.72 bits per heavy atom. The highest BCUT2D eigenvalue weighted by Gasteiger charge is 2.24. The van der Waals surface area contributed by atoms with E-state index >= 15 is 0 Å². The van der Waals surface area contributed by atoms with Crippen molar-refractivity contribution in [3.63, 3.8) is 0 Å². The van der Waals surface area contributed by atoms with E-state index < -0.39 is 0 Å². The molecule has 0 spiro atoms. The lowest BCUT2D eigenvalue weighted by atomic mass is 9.90. The molecule has 4 heteroatoms. The molecule has 2 amide bonds. The quantitative estimate of drug-likeness (QED) is 0.786. The van der Waals surface area contributed by atoms with Crippen molar-refractivity contribution in [1.82, 2.24) is 10.6 Å². The van der Waals surface area contributed by atoms with Gasteiger partial charge in [0.2, 0.25) is 11.8 Å². The third-order valence-electron chi connectivity index (χ3n) is 4.09. The van der Waals surface area contributed by atoms with Gasteiger partial charge in [0.05, 0.1) is 0 Å². The lowest BCUT2D eigenvalue weighted by molar-refractivity contribution is -0.128. The Morgan fingerprint density at radius 1 is 1.06 bits per heavy atom. The second-order valence-electron chi connectivity index (χ2n) is 5.59. The van der Waals surface area contributed by atoms with Gasteiger partial charge in [0.15, 0.2) is 0 Å². The minimum absolute atomic E-state index is 0.103. The van der Waals surface area contributed by atoms with E-state index in [0.717, 1.165) is 19.3 Å². The van der Waals surface area contributed by atoms with Crippen LogP contribution in [0.3, 0.4) is 0 Å². The van der Waals surface area contributed by atoms with Crippen molar-refractivity contribution in [3.05, 3.63) is 0 Å². The van der Waals surface area contributed by atoms with Gasteiger partial charge in [-0.1, -0.05) is 32.1 Å². The van der Waals surface area contributed by atoms with Crippen molar-refractivity contribution in [1.29, 1.82) is 0 Å². The third kappa shape index (κ3) is 4.00. The predicted molar refractivity (Wildman–Crippen MR) is 70.0 cm³/mol. The van der Waals surface area contributed by atoms with Crippen molar-refractivity contribution in [2.45, 2.75) is 63.8 Å². The molecular weight excluding hydrogens is 228 g/mol. The number of carbonyl (C=O) groups is 2. The highest BCUT2D eigenvalue weighted by atomic mass is 16.2. The molecule has 2 rings (SSSR count). The smallest absolute Gasteiger partial charge is 0.223 e. The summed E-state index contributed by atoms with van der Waals surface area (Å²) >= 11 is 0. The molecule has 0 aromatic rings. The molecular formula is C14H24N2O2. The number of hydrogen-bond acceptors (Lipinski definition) is 2. The fourth-order valence-electron chi connectivity index (χ4n) is 2.89. The Morgan fingerprint density at radius 3 is 2.33 bits per heavy atom. The van der Waals surface area contributed by atoms with Gasteiger partial charge in [0.1, 0.15) is 0 Å². The largest absolute Gasteiger partial charge is 0.354 e. The molecule has 0 bridgehead atoms. The molecule has 18 heavy (non-hydrogen) atoms. The maximum absolute atomic E-state index is 12.2. The number of amides is 2. The molecule has 1 aliphatic heterocycles. The van der Waals surface area contributed by atoms with Crippen LogP contribution >= 0.6 is 0 Å². The molecule has 102 valence electrons. The summed E-state index contributed by atoms with van der Waals surface area (Å²) in [6.45, 7) is 0.595. The first kappa shape index (κ1) is 13.4. The van der Waals surface area contributed by atoms with Crippen LogP contribution in [0.5, 0.6) is 0 Å². The first-order valence-corrected chi connectivity index (χ1v) is 7.33. The lowest BCUT2D eigenvalue weighted by Gasteiger charge is -2.26. The Balaban J connectivity index is 1.77. The average Bonchev–Trinajstić information content (AvgIpc) is 2.31. The first-order valence-electron chi connectivity index (χ1n) is 7.33. The molecule has 1 atom stereocenters. The zero-order valence-corrected chi connectivity index (χ0v) is 11.0. The highest BCUT2D eigenvalue weighted by Crippen LogP contribution is 2.22. The molecule has 0 aromatic heterocycles. The molecule has 2 fully saturated rings. The summed E-state index contributed by atoms with van der Waals surface area (Å²) in [6, 6.07) is 0.139. The number of piperidine rings is 1. The van der Waals surface area contributed by atoms with Crippen LogP contribution in [0.25, 0.3) is 0 Å². The van der Waals surface area contributed by atoms with Gasteiger partial charge in [0, 0.05) is 24.9 Å². The minimum atomic E-state index is 0.103. The van der Waals surface area contributed by atoms with Crippen molar-refractivity contribution in [2.75, 3.05) is 6.54 Å². The van der Waals surface area contributed by atoms with E-state index in [-0.39, 0.29) is 23.8 Å². The van der Waals surface area contributed by atoms with E-state index in [1.54, 1.807) is 0 Å². The van der Waals surface area contributed by atoms with Gasteiger partial charge in [0.25, 0.3) is 0 Å². The number of carbonyl (C=O) groups excluding carboxylic acids is 2. The number of rotatable bonds is 2. The molecule has 1 saturated heterocycles. The molecule has 1 saturated carbocycles. The summed E-state index contributed by atoms with van der Waals surface area (Å²) in [5.41, 5.74) is 0. The summed E-state index contributed by atoms with van der Waals surface area (Å²) in [7, 11) is 0. The summed E-state index contributed by atoms with van der Waals surface area (Å²) in [4.78, 5) is 23.2. The second kappa shape index (κ2) is 6.76. The predicted octanol–water partition coefficient (Wildman–Crippen LogP) is 1.74. The van der Waals surface area contributed by atoms with Crippen molar-refractivity contribution < 1.29 is 9.59 Å². The molecule has 2 aliphatic rings. The molecule has 0 radical (unpaired) electrons. The molecule has 2 N–H and O–H groups in total. The monoisotopic (exact) mass is 252 g/mol. The maximum atomic E-state index is 12.2. The fourth-order valence-corrected chi connectivity index (χ4v) is 2.89. The molecule has 1 heterocycles. The number of hydrogen-bond donors (Lipinski definition) is 2. The number of nitrogens with one attached hydrogen (secondary N) is 2. The van der Waals surface area contributed by atoms with Gasteiger partial charge in [-0.15, -0.1) is 0 Å². The Bertz CT molecular complexity index is 286. The van der Waals surface area contributed by atoms with E-state index in [0.29, 0.717) is 13.0 Å². The van der Waals surface area contributed by atoms with E-state index in [4.69, 9.17) is 0 Å². The first-order chi connectivity index (χ1) is 8.75. The van der Waals surface area contributed by atoms with Crippen LogP contribution in [0, 0.1) is 5.92 Å². The lowest BCUT2D eigenvalue weighted by Crippen LogP contribution is -2.49. The van der Waals surface area contributed by atoms with Gasteiger partial charge in [-0.2, -0.15) is 0 Å². The average molecular weight is 252 g/mol. The van der Waals surface area contributed by atoms with Crippen LogP contribution < -0.4 is 10.6 Å². The third-order valence-corrected chi connectivity index (χ3v) is 4.09. The highest BCUT2D eigenvalue weighted by molar-refractivity contribution is 5.80. The van der Waals surface area contributed by atoms with Crippen LogP contribution in [0.2, 0.25) is 0 Å². The summed E-state index contributed by atoms with van der Waals surface area (Å²) in [5, 5.41) is 5.91. The zero-order chi connectivity index (χ0) is 12.8. The molecule has 1 unspecified atom stereocenters. The maximum Gasteiger partial charge on any atom is 0.223 e. The second-order valence-corrected chi connectivity index (χ2v) is 5.59. The summed E-state index contributed by atoms with van der Waals surface area (Å²) in [6.07, 6.45) is 9.60.